The summed E-state index contributed by atoms with van der Waals surface area (Å²) in [5.74, 6) is 0.593. The Morgan fingerprint density at radius 3 is 2.31 bits per heavy atom. The van der Waals surface area contributed by atoms with E-state index in [-0.39, 0.29) is 18.2 Å². The Morgan fingerprint density at radius 1 is 1.19 bits per heavy atom. The van der Waals surface area contributed by atoms with E-state index in [1.165, 1.54) is 25.0 Å². The van der Waals surface area contributed by atoms with Crippen molar-refractivity contribution < 1.29 is 18.0 Å². The first-order valence-electron chi connectivity index (χ1n) is 9.34. The van der Waals surface area contributed by atoms with Crippen LogP contribution in [0.25, 0.3) is 0 Å². The summed E-state index contributed by atoms with van der Waals surface area (Å²) in [6, 6.07) is 5.36. The van der Waals surface area contributed by atoms with Crippen molar-refractivity contribution in [2.24, 2.45) is 5.92 Å². The van der Waals surface area contributed by atoms with Gasteiger partial charge in [0, 0.05) is 19.0 Å². The lowest BCUT2D eigenvalue weighted by molar-refractivity contribution is -0.137. The summed E-state index contributed by atoms with van der Waals surface area (Å²) in [6.07, 6.45) is -1.66. The lowest BCUT2D eigenvalue weighted by atomic mass is 9.96. The average molecular weight is 370 g/mol. The van der Waals surface area contributed by atoms with E-state index >= 15 is 0 Å². The maximum Gasteiger partial charge on any atom is 0.416 e. The predicted molar refractivity (Wildman–Crippen MR) is 96.9 cm³/mol. The zero-order chi connectivity index (χ0) is 19.3. The molecule has 0 aromatic heterocycles. The minimum absolute atomic E-state index is 0.0605. The number of carbonyl (C=O) groups excluding carboxylic acids is 1. The SMILES string of the molecule is CC1CCN(C(C)CNC(=O)CC(C)c2ccc(C(F)(F)F)cc2)CC1. The molecule has 0 bridgehead atoms. The third kappa shape index (κ3) is 6.01. The molecule has 3 nitrogen and oxygen atoms in total. The smallest absolute Gasteiger partial charge is 0.355 e. The van der Waals surface area contributed by atoms with Gasteiger partial charge >= 0.3 is 6.18 Å². The molecule has 1 aliphatic heterocycles. The standard InChI is InChI=1S/C20H29F3N2O/c1-14-8-10-25(11-9-14)16(3)13-24-19(26)12-15(2)17-4-6-18(7-5-17)20(21,22)23/h4-7,14-16H,8-13H2,1-3H3,(H,24,26). The Hall–Kier alpha value is -1.56. The second-order valence-corrected chi connectivity index (χ2v) is 7.60. The van der Waals surface area contributed by atoms with Gasteiger partial charge in [-0.15, -0.1) is 0 Å². The molecule has 0 radical (unpaired) electrons. The van der Waals surface area contributed by atoms with Gasteiger partial charge in [-0.3, -0.25) is 9.69 Å². The minimum atomic E-state index is -4.33. The summed E-state index contributed by atoms with van der Waals surface area (Å²) in [5, 5.41) is 2.97. The number of likely N-dealkylation sites (tertiary alicyclic amines) is 1. The first-order valence-corrected chi connectivity index (χ1v) is 9.34. The molecule has 2 unspecified atom stereocenters. The Labute approximate surface area is 154 Å². The van der Waals surface area contributed by atoms with E-state index in [1.807, 2.05) is 6.92 Å². The number of benzene rings is 1. The van der Waals surface area contributed by atoms with E-state index in [4.69, 9.17) is 0 Å². The molecule has 1 aromatic rings. The lowest BCUT2D eigenvalue weighted by Crippen LogP contribution is -2.45. The second kappa shape index (κ2) is 8.89. The Morgan fingerprint density at radius 2 is 1.77 bits per heavy atom. The molecule has 1 amide bonds. The zero-order valence-electron chi connectivity index (χ0n) is 15.8. The van der Waals surface area contributed by atoms with Gasteiger partial charge in [0.05, 0.1) is 5.56 Å². The van der Waals surface area contributed by atoms with Crippen LogP contribution in [0.2, 0.25) is 0 Å². The highest BCUT2D eigenvalue weighted by Gasteiger charge is 2.30. The van der Waals surface area contributed by atoms with Crippen LogP contribution in [0.4, 0.5) is 13.2 Å². The van der Waals surface area contributed by atoms with Gasteiger partial charge in [0.2, 0.25) is 5.91 Å². The average Bonchev–Trinajstić information content (AvgIpc) is 2.59. The highest BCUT2D eigenvalue weighted by molar-refractivity contribution is 5.76. The molecule has 0 aliphatic carbocycles. The molecule has 2 rings (SSSR count). The predicted octanol–water partition coefficient (Wildman–Crippen LogP) is 4.44. The van der Waals surface area contributed by atoms with Crippen LogP contribution < -0.4 is 5.32 Å². The number of halogens is 3. The highest BCUT2D eigenvalue weighted by Crippen LogP contribution is 2.30. The summed E-state index contributed by atoms with van der Waals surface area (Å²) in [6.45, 7) is 8.99. The van der Waals surface area contributed by atoms with Crippen LogP contribution in [0.15, 0.2) is 24.3 Å². The molecule has 146 valence electrons. The Kier molecular flexibility index (Phi) is 7.09. The third-order valence-corrected chi connectivity index (χ3v) is 5.33. The Balaban J connectivity index is 1.78. The van der Waals surface area contributed by atoms with Gasteiger partial charge in [-0.2, -0.15) is 13.2 Å². The molecule has 1 aliphatic rings. The molecule has 2 atom stereocenters. The van der Waals surface area contributed by atoms with Gasteiger partial charge in [0.25, 0.3) is 0 Å². The van der Waals surface area contributed by atoms with Gasteiger partial charge < -0.3 is 5.32 Å². The maximum atomic E-state index is 12.6. The van der Waals surface area contributed by atoms with E-state index < -0.39 is 11.7 Å². The van der Waals surface area contributed by atoms with Crippen molar-refractivity contribution in [3.63, 3.8) is 0 Å². The number of amides is 1. The van der Waals surface area contributed by atoms with Crippen molar-refractivity contribution >= 4 is 5.91 Å². The number of hydrogen-bond acceptors (Lipinski definition) is 2. The molecule has 1 aromatic carbocycles. The third-order valence-electron chi connectivity index (χ3n) is 5.33. The summed E-state index contributed by atoms with van der Waals surface area (Å²) < 4.78 is 37.8. The van der Waals surface area contributed by atoms with Crippen LogP contribution in [-0.4, -0.2) is 36.5 Å². The van der Waals surface area contributed by atoms with Crippen LogP contribution in [0.5, 0.6) is 0 Å². The first kappa shape index (κ1) is 20.7. The molecule has 0 saturated carbocycles. The molecule has 6 heteroatoms. The van der Waals surface area contributed by atoms with Gasteiger partial charge in [-0.25, -0.2) is 0 Å². The van der Waals surface area contributed by atoms with Gasteiger partial charge in [-0.1, -0.05) is 26.0 Å². The summed E-state index contributed by atoms with van der Waals surface area (Å²) in [4.78, 5) is 14.6. The van der Waals surface area contributed by atoms with E-state index in [2.05, 4.69) is 24.1 Å². The van der Waals surface area contributed by atoms with E-state index in [9.17, 15) is 18.0 Å². The second-order valence-electron chi connectivity index (χ2n) is 7.60. The van der Waals surface area contributed by atoms with Crippen molar-refractivity contribution in [3.8, 4) is 0 Å². The number of hydrogen-bond donors (Lipinski definition) is 1. The summed E-state index contributed by atoms with van der Waals surface area (Å²) in [5.41, 5.74) is 0.0776. The topological polar surface area (TPSA) is 32.3 Å². The number of alkyl halides is 3. The van der Waals surface area contributed by atoms with E-state index in [0.29, 0.717) is 12.6 Å². The fraction of sp³-hybridized carbons (Fsp3) is 0.650. The number of nitrogens with one attached hydrogen (secondary N) is 1. The van der Waals surface area contributed by atoms with Crippen LogP contribution in [0, 0.1) is 5.92 Å². The molecule has 26 heavy (non-hydrogen) atoms. The number of piperidine rings is 1. The van der Waals surface area contributed by atoms with Gasteiger partial charge in [0.15, 0.2) is 0 Å². The van der Waals surface area contributed by atoms with Gasteiger partial charge in [0.1, 0.15) is 0 Å². The van der Waals surface area contributed by atoms with E-state index in [0.717, 1.165) is 36.7 Å². The van der Waals surface area contributed by atoms with Crippen LogP contribution in [-0.2, 0) is 11.0 Å². The van der Waals surface area contributed by atoms with Crippen molar-refractivity contribution in [2.45, 2.75) is 58.2 Å². The van der Waals surface area contributed by atoms with Crippen molar-refractivity contribution in [3.05, 3.63) is 35.4 Å². The molecule has 1 N–H and O–H groups in total. The van der Waals surface area contributed by atoms with Crippen molar-refractivity contribution in [1.29, 1.82) is 0 Å². The van der Waals surface area contributed by atoms with Crippen LogP contribution in [0.3, 0.4) is 0 Å². The highest BCUT2D eigenvalue weighted by atomic mass is 19.4. The maximum absolute atomic E-state index is 12.6. The Bertz CT molecular complexity index is 578. The minimum Gasteiger partial charge on any atom is -0.355 e. The van der Waals surface area contributed by atoms with Crippen molar-refractivity contribution in [1.82, 2.24) is 10.2 Å². The number of nitrogens with zero attached hydrogens (tertiary/aromatic N) is 1. The largest absolute Gasteiger partial charge is 0.416 e. The summed E-state index contributed by atoms with van der Waals surface area (Å²) >= 11 is 0. The molecule has 1 heterocycles. The fourth-order valence-electron chi connectivity index (χ4n) is 3.33. The number of rotatable bonds is 6. The van der Waals surface area contributed by atoms with Crippen LogP contribution >= 0.6 is 0 Å². The van der Waals surface area contributed by atoms with Crippen LogP contribution in [0.1, 0.15) is 57.1 Å². The normalized spacial score (nSPS) is 19.2. The zero-order valence-corrected chi connectivity index (χ0v) is 15.8. The lowest BCUT2D eigenvalue weighted by Gasteiger charge is -2.35. The quantitative estimate of drug-likeness (QED) is 0.803. The fourth-order valence-corrected chi connectivity index (χ4v) is 3.33. The monoisotopic (exact) mass is 370 g/mol. The first-order chi connectivity index (χ1) is 12.2. The number of carbonyl (C=O) groups is 1. The molecule has 1 fully saturated rings. The summed E-state index contributed by atoms with van der Waals surface area (Å²) in [7, 11) is 0. The van der Waals surface area contributed by atoms with Gasteiger partial charge in [-0.05, 0) is 62.4 Å². The van der Waals surface area contributed by atoms with Crippen molar-refractivity contribution in [2.75, 3.05) is 19.6 Å². The van der Waals surface area contributed by atoms with E-state index in [1.54, 1.807) is 0 Å². The molecule has 1 saturated heterocycles. The molecule has 0 spiro atoms. The molecular weight excluding hydrogens is 341 g/mol. The molecular formula is C20H29F3N2O.